The van der Waals surface area contributed by atoms with Gasteiger partial charge in [-0.25, -0.2) is 0 Å². The summed E-state index contributed by atoms with van der Waals surface area (Å²) < 4.78 is 32.1. The van der Waals surface area contributed by atoms with Crippen molar-refractivity contribution >= 4 is 27.6 Å². The van der Waals surface area contributed by atoms with E-state index in [1.807, 2.05) is 48.1 Å². The van der Waals surface area contributed by atoms with Crippen LogP contribution in [0, 0.1) is 0 Å². The molecule has 4 nitrogen and oxygen atoms in total. The number of hydrogen-bond acceptors (Lipinski definition) is 2. The van der Waals surface area contributed by atoms with Crippen LogP contribution in [-0.2, 0) is 10.3 Å². The van der Waals surface area contributed by atoms with Gasteiger partial charge in [0.25, 0.3) is 0 Å². The van der Waals surface area contributed by atoms with Crippen molar-refractivity contribution in [3.63, 3.8) is 0 Å². The fourth-order valence-corrected chi connectivity index (χ4v) is 2.27. The largest absolute Gasteiger partial charge is 0.357 e. The van der Waals surface area contributed by atoms with Crippen molar-refractivity contribution in [1.82, 2.24) is 0 Å². The Balaban J connectivity index is 2.20. The highest BCUT2D eigenvalue weighted by molar-refractivity contribution is 7.87. The second-order valence-electron chi connectivity index (χ2n) is 4.39. The van der Waals surface area contributed by atoms with E-state index < -0.39 is 10.3 Å². The van der Waals surface area contributed by atoms with E-state index in [0.29, 0.717) is 5.69 Å². The number of hydrogen-bond donors (Lipinski definition) is 2. The summed E-state index contributed by atoms with van der Waals surface area (Å²) >= 11 is 0. The zero-order valence-corrected chi connectivity index (χ0v) is 11.8. The lowest BCUT2D eigenvalue weighted by Crippen LogP contribution is -2.10. The Morgan fingerprint density at radius 2 is 1.65 bits per heavy atom. The summed E-state index contributed by atoms with van der Waals surface area (Å²) in [6, 6.07) is 16.7. The zero-order valence-electron chi connectivity index (χ0n) is 10.9. The lowest BCUT2D eigenvalue weighted by atomic mass is 10.0. The molecule has 5 heteroatoms. The van der Waals surface area contributed by atoms with Crippen molar-refractivity contribution < 1.29 is 13.0 Å². The van der Waals surface area contributed by atoms with Gasteiger partial charge in [0, 0.05) is 0 Å². The predicted octanol–water partition coefficient (Wildman–Crippen LogP) is 3.46. The van der Waals surface area contributed by atoms with Crippen LogP contribution in [0.5, 0.6) is 0 Å². The monoisotopic (exact) mass is 289 g/mol. The quantitative estimate of drug-likeness (QED) is 0.669. The maximum atomic E-state index is 10.7. The number of benzene rings is 2. The molecule has 2 rings (SSSR count). The maximum absolute atomic E-state index is 10.7. The van der Waals surface area contributed by atoms with E-state index in [4.69, 9.17) is 4.55 Å². The summed E-state index contributed by atoms with van der Waals surface area (Å²) in [5, 5.41) is 0. The highest BCUT2D eigenvalue weighted by Crippen LogP contribution is 2.20. The first-order valence-corrected chi connectivity index (χ1v) is 7.47. The molecule has 0 aliphatic rings. The average molecular weight is 289 g/mol. The van der Waals surface area contributed by atoms with E-state index in [-0.39, 0.29) is 0 Å². The van der Waals surface area contributed by atoms with Crippen LogP contribution >= 0.6 is 0 Å². The molecule has 0 aliphatic heterocycles. The third-order valence-electron chi connectivity index (χ3n) is 2.77. The zero-order chi connectivity index (χ0) is 14.6. The van der Waals surface area contributed by atoms with Crippen molar-refractivity contribution in [2.75, 3.05) is 4.72 Å². The van der Waals surface area contributed by atoms with E-state index in [1.165, 1.54) is 0 Å². The molecule has 0 aliphatic carbocycles. The molecule has 0 heterocycles. The predicted molar refractivity (Wildman–Crippen MR) is 81.6 cm³/mol. The SMILES string of the molecule is CC(=Cc1ccccc1)c1ccc(NS(=O)(=O)O)cc1. The Morgan fingerprint density at radius 1 is 1.05 bits per heavy atom. The van der Waals surface area contributed by atoms with Crippen LogP contribution in [0.2, 0.25) is 0 Å². The number of anilines is 1. The Morgan fingerprint density at radius 3 is 2.20 bits per heavy atom. The van der Waals surface area contributed by atoms with Crippen molar-refractivity contribution in [2.24, 2.45) is 0 Å². The first kappa shape index (κ1) is 14.3. The van der Waals surface area contributed by atoms with Crippen LogP contribution in [0.3, 0.4) is 0 Å². The molecule has 0 unspecified atom stereocenters. The highest BCUT2D eigenvalue weighted by atomic mass is 32.2. The molecule has 2 N–H and O–H groups in total. The average Bonchev–Trinajstić information content (AvgIpc) is 2.39. The highest BCUT2D eigenvalue weighted by Gasteiger charge is 2.03. The topological polar surface area (TPSA) is 66.4 Å². The molecule has 20 heavy (non-hydrogen) atoms. The van der Waals surface area contributed by atoms with Crippen LogP contribution in [0.4, 0.5) is 5.69 Å². The summed E-state index contributed by atoms with van der Waals surface area (Å²) in [5.41, 5.74) is 3.47. The molecule has 0 spiro atoms. The first-order valence-electron chi connectivity index (χ1n) is 6.03. The Kier molecular flexibility index (Phi) is 4.22. The molecule has 0 saturated carbocycles. The Labute approximate surface area is 118 Å². The Bertz CT molecular complexity index is 705. The maximum Gasteiger partial charge on any atom is 0.357 e. The summed E-state index contributed by atoms with van der Waals surface area (Å²) in [4.78, 5) is 0. The molecular weight excluding hydrogens is 274 g/mol. The third-order valence-corrected chi connectivity index (χ3v) is 3.26. The molecular formula is C15H15NO3S. The van der Waals surface area contributed by atoms with E-state index in [1.54, 1.807) is 24.3 Å². The van der Waals surface area contributed by atoms with Gasteiger partial charge in [0.15, 0.2) is 0 Å². The minimum atomic E-state index is -4.22. The van der Waals surface area contributed by atoms with Gasteiger partial charge in [-0.15, -0.1) is 0 Å². The molecule has 0 amide bonds. The van der Waals surface area contributed by atoms with Gasteiger partial charge in [0.05, 0.1) is 5.69 Å². The van der Waals surface area contributed by atoms with Gasteiger partial charge < -0.3 is 0 Å². The minimum Gasteiger partial charge on any atom is -0.269 e. The first-order chi connectivity index (χ1) is 9.44. The molecule has 0 radical (unpaired) electrons. The van der Waals surface area contributed by atoms with Crippen molar-refractivity contribution in [3.05, 3.63) is 65.7 Å². The summed E-state index contributed by atoms with van der Waals surface area (Å²) in [5.74, 6) is 0. The third kappa shape index (κ3) is 4.22. The molecule has 2 aromatic rings. The lowest BCUT2D eigenvalue weighted by molar-refractivity contribution is 0.489. The van der Waals surface area contributed by atoms with Crippen molar-refractivity contribution in [1.29, 1.82) is 0 Å². The van der Waals surface area contributed by atoms with Crippen molar-refractivity contribution in [2.45, 2.75) is 6.92 Å². The lowest BCUT2D eigenvalue weighted by Gasteiger charge is -2.05. The number of allylic oxidation sites excluding steroid dienone is 1. The van der Waals surface area contributed by atoms with Gasteiger partial charge in [0.1, 0.15) is 0 Å². The van der Waals surface area contributed by atoms with E-state index >= 15 is 0 Å². The Hall–Kier alpha value is -2.11. The van der Waals surface area contributed by atoms with Crippen LogP contribution in [0.1, 0.15) is 18.1 Å². The fourth-order valence-electron chi connectivity index (χ4n) is 1.83. The van der Waals surface area contributed by atoms with Crippen LogP contribution < -0.4 is 4.72 Å². The van der Waals surface area contributed by atoms with Gasteiger partial charge in [0.2, 0.25) is 0 Å². The second-order valence-corrected chi connectivity index (χ2v) is 5.55. The molecule has 0 aromatic heterocycles. The molecule has 0 atom stereocenters. The summed E-state index contributed by atoms with van der Waals surface area (Å²) in [6.45, 7) is 1.98. The fraction of sp³-hybridized carbons (Fsp3) is 0.0667. The van der Waals surface area contributed by atoms with Gasteiger partial charge in [-0.3, -0.25) is 9.27 Å². The van der Waals surface area contributed by atoms with Gasteiger partial charge >= 0.3 is 10.3 Å². The van der Waals surface area contributed by atoms with Crippen LogP contribution in [0.25, 0.3) is 11.6 Å². The smallest absolute Gasteiger partial charge is 0.269 e. The minimum absolute atomic E-state index is 0.323. The van der Waals surface area contributed by atoms with Gasteiger partial charge in [-0.2, -0.15) is 8.42 Å². The molecule has 2 aromatic carbocycles. The molecule has 0 saturated heterocycles. The van der Waals surface area contributed by atoms with Crippen LogP contribution in [0.15, 0.2) is 54.6 Å². The summed E-state index contributed by atoms with van der Waals surface area (Å²) in [7, 11) is -4.22. The standard InChI is InChI=1S/C15H15NO3S/c1-12(11-13-5-3-2-4-6-13)14-7-9-15(10-8-14)16-20(17,18)19/h2-11,16H,1H3,(H,17,18,19). The van der Waals surface area contributed by atoms with E-state index in [9.17, 15) is 8.42 Å². The summed E-state index contributed by atoms with van der Waals surface area (Å²) in [6.07, 6.45) is 2.05. The second kappa shape index (κ2) is 5.90. The molecule has 0 bridgehead atoms. The van der Waals surface area contributed by atoms with E-state index in [0.717, 1.165) is 16.7 Å². The van der Waals surface area contributed by atoms with E-state index in [2.05, 4.69) is 0 Å². The number of nitrogens with one attached hydrogen (secondary N) is 1. The molecule has 0 fully saturated rings. The molecule has 104 valence electrons. The van der Waals surface area contributed by atoms with Crippen LogP contribution in [-0.4, -0.2) is 13.0 Å². The number of rotatable bonds is 4. The van der Waals surface area contributed by atoms with Gasteiger partial charge in [-0.05, 0) is 35.8 Å². The normalized spacial score (nSPS) is 12.2. The van der Waals surface area contributed by atoms with Crippen molar-refractivity contribution in [3.8, 4) is 0 Å². The van der Waals surface area contributed by atoms with Gasteiger partial charge in [-0.1, -0.05) is 48.5 Å².